The SMILES string of the molecule is CCCc1ccc2c(c1)sc1cccc(-c3ccc(C)cc3C=O)c12. The van der Waals surface area contributed by atoms with Crippen molar-refractivity contribution in [1.29, 1.82) is 0 Å². The zero-order valence-corrected chi connectivity index (χ0v) is 15.3. The lowest BCUT2D eigenvalue weighted by Gasteiger charge is -2.09. The third-order valence-corrected chi connectivity index (χ3v) is 5.84. The highest BCUT2D eigenvalue weighted by Gasteiger charge is 2.13. The summed E-state index contributed by atoms with van der Waals surface area (Å²) in [5, 5.41) is 2.55. The van der Waals surface area contributed by atoms with Gasteiger partial charge in [-0.05, 0) is 48.2 Å². The molecule has 0 aliphatic rings. The van der Waals surface area contributed by atoms with Crippen molar-refractivity contribution >= 4 is 37.8 Å². The van der Waals surface area contributed by atoms with E-state index in [2.05, 4.69) is 55.5 Å². The molecule has 0 unspecified atom stereocenters. The van der Waals surface area contributed by atoms with Gasteiger partial charge in [-0.15, -0.1) is 11.3 Å². The van der Waals surface area contributed by atoms with Crippen LogP contribution in [0.1, 0.15) is 34.8 Å². The molecule has 1 heterocycles. The number of rotatable bonds is 4. The molecule has 0 bridgehead atoms. The van der Waals surface area contributed by atoms with Gasteiger partial charge in [-0.2, -0.15) is 0 Å². The van der Waals surface area contributed by atoms with Crippen LogP contribution in [0.25, 0.3) is 31.3 Å². The van der Waals surface area contributed by atoms with E-state index >= 15 is 0 Å². The van der Waals surface area contributed by atoms with Crippen molar-refractivity contribution in [3.8, 4) is 11.1 Å². The fourth-order valence-electron chi connectivity index (χ4n) is 3.56. The number of aryl methyl sites for hydroxylation is 2. The van der Waals surface area contributed by atoms with E-state index in [4.69, 9.17) is 0 Å². The van der Waals surface area contributed by atoms with E-state index in [-0.39, 0.29) is 0 Å². The summed E-state index contributed by atoms with van der Waals surface area (Å²) in [4.78, 5) is 11.6. The maximum atomic E-state index is 11.6. The van der Waals surface area contributed by atoms with E-state index in [0.29, 0.717) is 0 Å². The quantitative estimate of drug-likeness (QED) is 0.372. The second-order valence-corrected chi connectivity index (χ2v) is 7.65. The zero-order chi connectivity index (χ0) is 17.4. The second-order valence-electron chi connectivity index (χ2n) is 6.57. The van der Waals surface area contributed by atoms with Gasteiger partial charge in [0, 0.05) is 25.7 Å². The van der Waals surface area contributed by atoms with Gasteiger partial charge < -0.3 is 0 Å². The number of hydrogen-bond acceptors (Lipinski definition) is 2. The Labute approximate surface area is 151 Å². The van der Waals surface area contributed by atoms with Crippen LogP contribution in [0.5, 0.6) is 0 Å². The molecular weight excluding hydrogens is 324 g/mol. The van der Waals surface area contributed by atoms with E-state index in [1.165, 1.54) is 25.7 Å². The minimum atomic E-state index is 0.759. The lowest BCUT2D eigenvalue weighted by molar-refractivity contribution is 0.112. The summed E-state index contributed by atoms with van der Waals surface area (Å²) < 4.78 is 2.60. The first-order valence-electron chi connectivity index (χ1n) is 8.71. The number of carbonyl (C=O) groups is 1. The van der Waals surface area contributed by atoms with Crippen LogP contribution in [0, 0.1) is 6.92 Å². The molecule has 0 N–H and O–H groups in total. The monoisotopic (exact) mass is 344 g/mol. The molecule has 124 valence electrons. The van der Waals surface area contributed by atoms with Gasteiger partial charge in [0.25, 0.3) is 0 Å². The van der Waals surface area contributed by atoms with E-state index in [1.807, 2.05) is 24.3 Å². The molecule has 0 aliphatic heterocycles. The minimum absolute atomic E-state index is 0.759. The minimum Gasteiger partial charge on any atom is -0.298 e. The van der Waals surface area contributed by atoms with Crippen molar-refractivity contribution in [3.05, 3.63) is 71.3 Å². The first-order valence-corrected chi connectivity index (χ1v) is 9.53. The van der Waals surface area contributed by atoms with E-state index in [0.717, 1.165) is 41.4 Å². The van der Waals surface area contributed by atoms with Crippen molar-refractivity contribution < 1.29 is 4.79 Å². The lowest BCUT2D eigenvalue weighted by atomic mass is 9.94. The van der Waals surface area contributed by atoms with Gasteiger partial charge in [-0.25, -0.2) is 0 Å². The highest BCUT2D eigenvalue weighted by Crippen LogP contribution is 2.41. The Kier molecular flexibility index (Phi) is 4.14. The third-order valence-electron chi connectivity index (χ3n) is 4.72. The molecular formula is C23H20OS. The van der Waals surface area contributed by atoms with E-state index in [9.17, 15) is 4.79 Å². The average molecular weight is 344 g/mol. The molecule has 0 aliphatic carbocycles. The van der Waals surface area contributed by atoms with Gasteiger partial charge in [0.2, 0.25) is 0 Å². The predicted octanol–water partition coefficient (Wildman–Crippen LogP) is 6.79. The Hall–Kier alpha value is -2.45. The largest absolute Gasteiger partial charge is 0.298 e. The molecule has 0 amide bonds. The van der Waals surface area contributed by atoms with Crippen LogP contribution in [0.3, 0.4) is 0 Å². The molecule has 2 heteroatoms. The lowest BCUT2D eigenvalue weighted by Crippen LogP contribution is -1.89. The molecule has 1 aromatic heterocycles. The summed E-state index contributed by atoms with van der Waals surface area (Å²) in [6.07, 6.45) is 3.24. The van der Waals surface area contributed by atoms with Crippen LogP contribution in [0.4, 0.5) is 0 Å². The smallest absolute Gasteiger partial charge is 0.150 e. The van der Waals surface area contributed by atoms with Crippen LogP contribution < -0.4 is 0 Å². The predicted molar refractivity (Wildman–Crippen MR) is 109 cm³/mol. The Morgan fingerprint density at radius 3 is 2.64 bits per heavy atom. The van der Waals surface area contributed by atoms with Gasteiger partial charge in [-0.1, -0.05) is 55.3 Å². The van der Waals surface area contributed by atoms with Gasteiger partial charge in [0.05, 0.1) is 0 Å². The number of thiophene rings is 1. The highest BCUT2D eigenvalue weighted by atomic mass is 32.1. The Morgan fingerprint density at radius 1 is 0.960 bits per heavy atom. The van der Waals surface area contributed by atoms with Crippen molar-refractivity contribution in [1.82, 2.24) is 0 Å². The summed E-state index contributed by atoms with van der Waals surface area (Å²) in [7, 11) is 0. The van der Waals surface area contributed by atoms with Crippen LogP contribution >= 0.6 is 11.3 Å². The van der Waals surface area contributed by atoms with Crippen LogP contribution in [-0.4, -0.2) is 6.29 Å². The van der Waals surface area contributed by atoms with Crippen molar-refractivity contribution in [3.63, 3.8) is 0 Å². The fraction of sp³-hybridized carbons (Fsp3) is 0.174. The summed E-state index contributed by atoms with van der Waals surface area (Å²) >= 11 is 1.84. The molecule has 0 fully saturated rings. The molecule has 3 aromatic carbocycles. The van der Waals surface area contributed by atoms with Gasteiger partial charge >= 0.3 is 0 Å². The first kappa shape index (κ1) is 16.0. The van der Waals surface area contributed by atoms with Gasteiger partial charge in [-0.3, -0.25) is 4.79 Å². The number of benzene rings is 3. The Bertz CT molecular complexity index is 1090. The number of aldehydes is 1. The highest BCUT2D eigenvalue weighted by molar-refractivity contribution is 7.25. The zero-order valence-electron chi connectivity index (χ0n) is 14.5. The average Bonchev–Trinajstić information content (AvgIpc) is 2.99. The maximum absolute atomic E-state index is 11.6. The van der Waals surface area contributed by atoms with Crippen LogP contribution in [0.2, 0.25) is 0 Å². The van der Waals surface area contributed by atoms with Crippen LogP contribution in [0.15, 0.2) is 54.6 Å². The Morgan fingerprint density at radius 2 is 1.84 bits per heavy atom. The molecule has 25 heavy (non-hydrogen) atoms. The topological polar surface area (TPSA) is 17.1 Å². The molecule has 1 nitrogen and oxygen atoms in total. The van der Waals surface area contributed by atoms with Crippen molar-refractivity contribution in [2.75, 3.05) is 0 Å². The molecule has 0 spiro atoms. The van der Waals surface area contributed by atoms with Crippen molar-refractivity contribution in [2.24, 2.45) is 0 Å². The van der Waals surface area contributed by atoms with Gasteiger partial charge in [0.15, 0.2) is 6.29 Å². The molecule has 0 atom stereocenters. The maximum Gasteiger partial charge on any atom is 0.150 e. The summed E-state index contributed by atoms with van der Waals surface area (Å²) in [6, 6.07) is 19.3. The second kappa shape index (κ2) is 6.45. The standard InChI is InChI=1S/C23H20OS/c1-3-5-16-9-11-20-22(13-16)25-21-7-4-6-19(23(20)21)18-10-8-15(2)12-17(18)14-24/h4,6-14H,3,5H2,1-2H3. The van der Waals surface area contributed by atoms with E-state index < -0.39 is 0 Å². The Balaban J connectivity index is 2.02. The van der Waals surface area contributed by atoms with Crippen LogP contribution in [-0.2, 0) is 6.42 Å². The summed E-state index contributed by atoms with van der Waals surface area (Å²) in [6.45, 7) is 4.23. The van der Waals surface area contributed by atoms with Gasteiger partial charge in [0.1, 0.15) is 0 Å². The molecule has 0 saturated carbocycles. The van der Waals surface area contributed by atoms with E-state index in [1.54, 1.807) is 0 Å². The number of fused-ring (bicyclic) bond motifs is 3. The summed E-state index contributed by atoms with van der Waals surface area (Å²) in [5.74, 6) is 0. The normalized spacial score (nSPS) is 11.3. The first-order chi connectivity index (χ1) is 12.2. The number of hydrogen-bond donors (Lipinski definition) is 0. The molecule has 0 radical (unpaired) electrons. The molecule has 0 saturated heterocycles. The van der Waals surface area contributed by atoms with Crippen molar-refractivity contribution in [2.45, 2.75) is 26.7 Å². The fourth-order valence-corrected chi connectivity index (χ4v) is 4.76. The third kappa shape index (κ3) is 2.77. The molecule has 4 rings (SSSR count). The summed E-state index contributed by atoms with van der Waals surface area (Å²) in [5.41, 5.74) is 5.43. The number of carbonyl (C=O) groups excluding carboxylic acids is 1. The molecule has 4 aromatic rings.